The number of esters is 1. The minimum absolute atomic E-state index is 0.0327. The van der Waals surface area contributed by atoms with Gasteiger partial charge in [-0.2, -0.15) is 12.6 Å². The second-order valence-corrected chi connectivity index (χ2v) is 5.24. The topological polar surface area (TPSA) is 26.3 Å². The van der Waals surface area contributed by atoms with Crippen LogP contribution in [0.2, 0.25) is 0 Å². The molecule has 1 aliphatic heterocycles. The van der Waals surface area contributed by atoms with Crippen LogP contribution in [0.5, 0.6) is 0 Å². The van der Waals surface area contributed by atoms with Gasteiger partial charge in [0, 0.05) is 11.2 Å². The fourth-order valence-corrected chi connectivity index (χ4v) is 3.76. The van der Waals surface area contributed by atoms with Crippen LogP contribution in [-0.4, -0.2) is 17.3 Å². The summed E-state index contributed by atoms with van der Waals surface area (Å²) < 4.78 is 5.30. The van der Waals surface area contributed by atoms with Gasteiger partial charge in [-0.3, -0.25) is 4.79 Å². The van der Waals surface area contributed by atoms with E-state index in [4.69, 9.17) is 4.74 Å². The van der Waals surface area contributed by atoms with Gasteiger partial charge in [0.1, 0.15) is 6.10 Å². The molecule has 0 radical (unpaired) electrons. The number of thiol groups is 1. The summed E-state index contributed by atoms with van der Waals surface area (Å²) in [5.41, 5.74) is 0.273. The minimum Gasteiger partial charge on any atom is -0.461 e. The quantitative estimate of drug-likeness (QED) is 0.453. The van der Waals surface area contributed by atoms with Crippen molar-refractivity contribution in [2.75, 3.05) is 0 Å². The summed E-state index contributed by atoms with van der Waals surface area (Å²) in [4.78, 5) is 11.3. The lowest BCUT2D eigenvalue weighted by Crippen LogP contribution is -2.33. The van der Waals surface area contributed by atoms with E-state index in [1.807, 2.05) is 0 Å². The fraction of sp³-hybridized carbons (Fsp3) is 0.889. The first-order valence-corrected chi connectivity index (χ1v) is 5.02. The Balaban J connectivity index is 2.08. The van der Waals surface area contributed by atoms with Crippen molar-refractivity contribution in [3.8, 4) is 0 Å². The van der Waals surface area contributed by atoms with Gasteiger partial charge in [-0.05, 0) is 18.3 Å². The standard InChI is InChI=1S/C9H12O2S/c1-9-2-4-5(3-9)8(10)11-6(4)7(9)12/h4-7,12H,2-3H2,1H3. The van der Waals surface area contributed by atoms with Gasteiger partial charge in [-0.1, -0.05) is 6.92 Å². The summed E-state index contributed by atoms with van der Waals surface area (Å²) in [6.07, 6.45) is 2.27. The van der Waals surface area contributed by atoms with Gasteiger partial charge in [-0.25, -0.2) is 0 Å². The molecule has 0 N–H and O–H groups in total. The lowest BCUT2D eigenvalue weighted by atomic mass is 9.81. The van der Waals surface area contributed by atoms with Crippen molar-refractivity contribution in [1.29, 1.82) is 0 Å². The SMILES string of the molecule is CC12CC3C(=O)OC(C3C1)C2S. The molecule has 3 rings (SSSR count). The van der Waals surface area contributed by atoms with E-state index in [9.17, 15) is 4.79 Å². The van der Waals surface area contributed by atoms with Gasteiger partial charge in [0.25, 0.3) is 0 Å². The van der Waals surface area contributed by atoms with Gasteiger partial charge in [0.2, 0.25) is 0 Å². The lowest BCUT2D eigenvalue weighted by molar-refractivity contribution is -0.143. The number of carbonyl (C=O) groups excluding carboxylic acids is 1. The maximum Gasteiger partial charge on any atom is 0.309 e. The molecule has 3 aliphatic rings. The van der Waals surface area contributed by atoms with Crippen molar-refractivity contribution < 1.29 is 9.53 Å². The maximum atomic E-state index is 11.3. The molecule has 2 saturated carbocycles. The highest BCUT2D eigenvalue weighted by Crippen LogP contribution is 2.62. The number of hydrogen-bond donors (Lipinski definition) is 1. The Bertz CT molecular complexity index is 265. The molecule has 2 aliphatic carbocycles. The normalized spacial score (nSPS) is 61.0. The van der Waals surface area contributed by atoms with E-state index in [1.165, 1.54) is 0 Å². The van der Waals surface area contributed by atoms with E-state index < -0.39 is 0 Å². The van der Waals surface area contributed by atoms with Gasteiger partial charge in [0.15, 0.2) is 0 Å². The van der Waals surface area contributed by atoms with Crippen LogP contribution >= 0.6 is 12.6 Å². The zero-order valence-corrected chi connectivity index (χ0v) is 7.88. The molecular weight excluding hydrogens is 172 g/mol. The van der Waals surface area contributed by atoms with E-state index in [-0.39, 0.29) is 28.7 Å². The Hall–Kier alpha value is -0.180. The molecule has 0 aromatic rings. The zero-order valence-electron chi connectivity index (χ0n) is 6.99. The first kappa shape index (κ1) is 7.25. The molecule has 0 spiro atoms. The molecule has 12 heavy (non-hydrogen) atoms. The van der Waals surface area contributed by atoms with E-state index in [2.05, 4.69) is 19.6 Å². The van der Waals surface area contributed by atoms with Crippen LogP contribution in [0.4, 0.5) is 0 Å². The van der Waals surface area contributed by atoms with E-state index >= 15 is 0 Å². The average molecular weight is 184 g/mol. The first-order valence-electron chi connectivity index (χ1n) is 4.50. The Labute approximate surface area is 77.1 Å². The predicted molar refractivity (Wildman–Crippen MR) is 47.0 cm³/mol. The second-order valence-electron chi connectivity index (χ2n) is 4.68. The van der Waals surface area contributed by atoms with Gasteiger partial charge < -0.3 is 4.74 Å². The van der Waals surface area contributed by atoms with Crippen LogP contribution in [0.25, 0.3) is 0 Å². The van der Waals surface area contributed by atoms with Gasteiger partial charge in [-0.15, -0.1) is 0 Å². The maximum absolute atomic E-state index is 11.3. The third-order valence-corrected chi connectivity index (χ3v) is 4.82. The molecule has 0 amide bonds. The third kappa shape index (κ3) is 0.595. The number of rotatable bonds is 0. The molecular formula is C9H12O2S. The average Bonchev–Trinajstić information content (AvgIpc) is 2.52. The van der Waals surface area contributed by atoms with Crippen molar-refractivity contribution in [2.24, 2.45) is 17.3 Å². The van der Waals surface area contributed by atoms with Gasteiger partial charge in [0.05, 0.1) is 5.92 Å². The zero-order chi connectivity index (χ0) is 8.51. The molecule has 5 atom stereocenters. The highest BCUT2D eigenvalue weighted by atomic mass is 32.1. The molecule has 0 aromatic carbocycles. The largest absolute Gasteiger partial charge is 0.461 e. The monoisotopic (exact) mass is 184 g/mol. The highest BCUT2D eigenvalue weighted by Gasteiger charge is 2.65. The molecule has 66 valence electrons. The predicted octanol–water partition coefficient (Wildman–Crippen LogP) is 1.26. The van der Waals surface area contributed by atoms with Crippen LogP contribution in [-0.2, 0) is 9.53 Å². The lowest BCUT2D eigenvalue weighted by Gasteiger charge is -2.28. The summed E-state index contributed by atoms with van der Waals surface area (Å²) in [5.74, 6) is 0.735. The number of hydrogen-bond acceptors (Lipinski definition) is 3. The van der Waals surface area contributed by atoms with Gasteiger partial charge >= 0.3 is 5.97 Å². The molecule has 0 aromatic heterocycles. The highest BCUT2D eigenvalue weighted by molar-refractivity contribution is 7.81. The van der Waals surface area contributed by atoms with Crippen molar-refractivity contribution in [3.05, 3.63) is 0 Å². The fourth-order valence-electron chi connectivity index (χ4n) is 3.27. The summed E-state index contributed by atoms with van der Waals surface area (Å²) in [6.45, 7) is 2.24. The molecule has 1 saturated heterocycles. The number of carbonyl (C=O) groups is 1. The van der Waals surface area contributed by atoms with Crippen LogP contribution < -0.4 is 0 Å². The Morgan fingerprint density at radius 3 is 2.92 bits per heavy atom. The van der Waals surface area contributed by atoms with Crippen molar-refractivity contribution in [3.63, 3.8) is 0 Å². The molecule has 2 bridgehead atoms. The van der Waals surface area contributed by atoms with E-state index in [0.717, 1.165) is 12.8 Å². The van der Waals surface area contributed by atoms with Crippen molar-refractivity contribution in [2.45, 2.75) is 31.1 Å². The Morgan fingerprint density at radius 1 is 1.58 bits per heavy atom. The van der Waals surface area contributed by atoms with Crippen LogP contribution in [0, 0.1) is 17.3 Å². The van der Waals surface area contributed by atoms with E-state index in [0.29, 0.717) is 5.92 Å². The first-order chi connectivity index (χ1) is 5.62. The Kier molecular flexibility index (Phi) is 1.11. The second kappa shape index (κ2) is 1.84. The smallest absolute Gasteiger partial charge is 0.309 e. The van der Waals surface area contributed by atoms with Crippen LogP contribution in [0.15, 0.2) is 0 Å². The molecule has 3 heteroatoms. The number of fused-ring (bicyclic) bond motifs is 1. The third-order valence-electron chi connectivity index (χ3n) is 3.91. The molecule has 1 heterocycles. The molecule has 3 fully saturated rings. The summed E-state index contributed by atoms with van der Waals surface area (Å²) >= 11 is 4.55. The van der Waals surface area contributed by atoms with Crippen LogP contribution in [0.1, 0.15) is 19.8 Å². The summed E-state index contributed by atoms with van der Waals surface area (Å²) in [5, 5.41) is 0.283. The van der Waals surface area contributed by atoms with Crippen molar-refractivity contribution >= 4 is 18.6 Å². The van der Waals surface area contributed by atoms with Crippen molar-refractivity contribution in [1.82, 2.24) is 0 Å². The van der Waals surface area contributed by atoms with Crippen LogP contribution in [0.3, 0.4) is 0 Å². The van der Waals surface area contributed by atoms with E-state index in [1.54, 1.807) is 0 Å². The summed E-state index contributed by atoms with van der Waals surface area (Å²) in [7, 11) is 0. The summed E-state index contributed by atoms with van der Waals surface area (Å²) in [6, 6.07) is 0. The number of ether oxygens (including phenoxy) is 1. The minimum atomic E-state index is 0.0327. The Morgan fingerprint density at radius 2 is 2.33 bits per heavy atom. The molecule has 5 unspecified atom stereocenters. The molecule has 2 nitrogen and oxygen atoms in total.